The molecular weight excluding hydrogens is 239 g/mol. The van der Waals surface area contributed by atoms with Gasteiger partial charge >= 0.3 is 7.80 Å². The maximum absolute atomic E-state index is 12.0. The molecule has 0 aliphatic heterocycles. The first-order valence-corrected chi connectivity index (χ1v) is 9.40. The normalized spacial score (nSPS) is 14.6. The zero-order chi connectivity index (χ0) is 14.0. The van der Waals surface area contributed by atoms with Crippen LogP contribution in [0.25, 0.3) is 0 Å². The zero-order valence-corrected chi connectivity index (χ0v) is 14.2. The molecule has 18 heavy (non-hydrogen) atoms. The van der Waals surface area contributed by atoms with Gasteiger partial charge in [0.1, 0.15) is 12.3 Å². The van der Waals surface area contributed by atoms with E-state index in [2.05, 4.69) is 34.6 Å². The molecule has 0 amide bonds. The number of rotatable bonds is 10. The minimum atomic E-state index is -0.947. The molecule has 0 rings (SSSR count). The third kappa shape index (κ3) is 12.6. The molecule has 0 aliphatic rings. The van der Waals surface area contributed by atoms with E-state index < -0.39 is 7.80 Å². The van der Waals surface area contributed by atoms with Crippen LogP contribution in [0.3, 0.4) is 0 Å². The van der Waals surface area contributed by atoms with Crippen molar-refractivity contribution in [2.24, 2.45) is 11.3 Å². The van der Waals surface area contributed by atoms with Crippen molar-refractivity contribution in [1.29, 1.82) is 0 Å². The standard InChI is InChI=1S/C16H34OP/c1-6-7-8-9-10-11-12-18(17)14-15(2)13-16(3,4)5/h15H,6-14H2,1-5H3/q+1. The van der Waals surface area contributed by atoms with Crippen LogP contribution < -0.4 is 0 Å². The highest BCUT2D eigenvalue weighted by Crippen LogP contribution is 2.32. The number of hydrogen-bond donors (Lipinski definition) is 0. The van der Waals surface area contributed by atoms with Crippen molar-refractivity contribution in [1.82, 2.24) is 0 Å². The van der Waals surface area contributed by atoms with E-state index in [1.165, 1.54) is 44.9 Å². The molecule has 0 N–H and O–H groups in total. The minimum Gasteiger partial charge on any atom is -0.0748 e. The molecule has 0 bridgehead atoms. The van der Waals surface area contributed by atoms with Crippen molar-refractivity contribution in [2.45, 2.75) is 79.6 Å². The Morgan fingerprint density at radius 1 is 1.00 bits per heavy atom. The van der Waals surface area contributed by atoms with Gasteiger partial charge in [-0.05, 0) is 24.7 Å². The van der Waals surface area contributed by atoms with E-state index in [-0.39, 0.29) is 0 Å². The summed E-state index contributed by atoms with van der Waals surface area (Å²) in [4.78, 5) is 0. The zero-order valence-electron chi connectivity index (χ0n) is 13.3. The number of unbranched alkanes of at least 4 members (excludes halogenated alkanes) is 5. The Bertz CT molecular complexity index is 218. The van der Waals surface area contributed by atoms with Crippen LogP contribution in [0.5, 0.6) is 0 Å². The molecule has 0 saturated carbocycles. The van der Waals surface area contributed by atoms with Crippen LogP contribution in [0, 0.1) is 11.3 Å². The first kappa shape index (κ1) is 18.1. The maximum Gasteiger partial charge on any atom is 0.338 e. The Morgan fingerprint density at radius 2 is 1.56 bits per heavy atom. The second kappa shape index (κ2) is 9.96. The second-order valence-electron chi connectivity index (χ2n) is 7.03. The van der Waals surface area contributed by atoms with Gasteiger partial charge < -0.3 is 0 Å². The summed E-state index contributed by atoms with van der Waals surface area (Å²) in [6.45, 7) is 11.3. The van der Waals surface area contributed by atoms with E-state index in [1.807, 2.05) is 0 Å². The van der Waals surface area contributed by atoms with Crippen LogP contribution in [-0.4, -0.2) is 12.3 Å². The highest BCUT2D eigenvalue weighted by atomic mass is 31.1. The van der Waals surface area contributed by atoms with Crippen molar-refractivity contribution in [3.8, 4) is 0 Å². The smallest absolute Gasteiger partial charge is 0.0748 e. The van der Waals surface area contributed by atoms with Gasteiger partial charge in [-0.1, -0.05) is 64.9 Å². The van der Waals surface area contributed by atoms with E-state index in [4.69, 9.17) is 0 Å². The topological polar surface area (TPSA) is 17.1 Å². The predicted octanol–water partition coefficient (Wildman–Crippen LogP) is 6.25. The number of hydrogen-bond acceptors (Lipinski definition) is 1. The highest BCUT2D eigenvalue weighted by molar-refractivity contribution is 7.44. The third-order valence-electron chi connectivity index (χ3n) is 3.24. The second-order valence-corrected chi connectivity index (χ2v) is 8.80. The van der Waals surface area contributed by atoms with Gasteiger partial charge in [-0.3, -0.25) is 0 Å². The van der Waals surface area contributed by atoms with Crippen LogP contribution in [0.4, 0.5) is 0 Å². The average Bonchev–Trinajstić information content (AvgIpc) is 2.20. The van der Waals surface area contributed by atoms with Gasteiger partial charge in [0.05, 0.1) is 0 Å². The van der Waals surface area contributed by atoms with Crippen LogP contribution in [-0.2, 0) is 4.57 Å². The lowest BCUT2D eigenvalue weighted by Crippen LogP contribution is -2.12. The molecule has 0 fully saturated rings. The Morgan fingerprint density at radius 3 is 2.11 bits per heavy atom. The van der Waals surface area contributed by atoms with Crippen molar-refractivity contribution in [3.05, 3.63) is 0 Å². The molecule has 0 aromatic heterocycles. The fourth-order valence-corrected chi connectivity index (χ4v) is 4.20. The predicted molar refractivity (Wildman–Crippen MR) is 84.0 cm³/mol. The summed E-state index contributed by atoms with van der Waals surface area (Å²) >= 11 is 0. The van der Waals surface area contributed by atoms with E-state index in [0.29, 0.717) is 11.3 Å². The summed E-state index contributed by atoms with van der Waals surface area (Å²) < 4.78 is 12.0. The molecule has 0 aliphatic carbocycles. The van der Waals surface area contributed by atoms with Gasteiger partial charge in [-0.15, -0.1) is 0 Å². The lowest BCUT2D eigenvalue weighted by molar-refractivity contribution is 0.321. The molecule has 2 atom stereocenters. The van der Waals surface area contributed by atoms with Crippen LogP contribution in [0.15, 0.2) is 0 Å². The molecule has 0 saturated heterocycles. The maximum atomic E-state index is 12.0. The lowest BCUT2D eigenvalue weighted by atomic mass is 9.86. The minimum absolute atomic E-state index is 0.371. The van der Waals surface area contributed by atoms with Gasteiger partial charge in [-0.25, -0.2) is 0 Å². The van der Waals surface area contributed by atoms with Crippen LogP contribution in [0.1, 0.15) is 79.6 Å². The Balaban J connectivity index is 3.53. The molecule has 0 aromatic rings. The Kier molecular flexibility index (Phi) is 10.0. The van der Waals surface area contributed by atoms with Crippen molar-refractivity contribution >= 4 is 7.80 Å². The summed E-state index contributed by atoms with van der Waals surface area (Å²) in [6.07, 6.45) is 10.9. The highest BCUT2D eigenvalue weighted by Gasteiger charge is 2.23. The van der Waals surface area contributed by atoms with Gasteiger partial charge in [0.25, 0.3) is 0 Å². The molecular formula is C16H34OP+. The molecule has 0 radical (unpaired) electrons. The van der Waals surface area contributed by atoms with Gasteiger partial charge in [0.15, 0.2) is 0 Å². The molecule has 0 aromatic carbocycles. The monoisotopic (exact) mass is 273 g/mol. The molecule has 0 spiro atoms. The Labute approximate surface area is 116 Å². The van der Waals surface area contributed by atoms with Crippen LogP contribution >= 0.6 is 7.80 Å². The van der Waals surface area contributed by atoms with Gasteiger partial charge in [-0.2, -0.15) is 0 Å². The fourth-order valence-electron chi connectivity index (χ4n) is 2.62. The van der Waals surface area contributed by atoms with E-state index in [9.17, 15) is 4.57 Å². The summed E-state index contributed by atoms with van der Waals surface area (Å²) in [7, 11) is -0.947. The van der Waals surface area contributed by atoms with Crippen molar-refractivity contribution in [2.75, 3.05) is 12.3 Å². The first-order valence-electron chi connectivity index (χ1n) is 7.77. The Hall–Kier alpha value is 0.100. The third-order valence-corrected chi connectivity index (χ3v) is 5.08. The molecule has 2 heteroatoms. The summed E-state index contributed by atoms with van der Waals surface area (Å²) in [6, 6.07) is 0. The molecule has 108 valence electrons. The molecule has 1 nitrogen and oxygen atoms in total. The SMILES string of the molecule is CCCCCCCC[P+](=O)CC(C)CC(C)(C)C. The summed E-state index contributed by atoms with van der Waals surface area (Å²) in [5.74, 6) is 0.605. The summed E-state index contributed by atoms with van der Waals surface area (Å²) in [5, 5.41) is 0. The van der Waals surface area contributed by atoms with Gasteiger partial charge in [0.2, 0.25) is 0 Å². The van der Waals surface area contributed by atoms with E-state index >= 15 is 0 Å². The van der Waals surface area contributed by atoms with Crippen molar-refractivity contribution < 1.29 is 4.57 Å². The average molecular weight is 273 g/mol. The van der Waals surface area contributed by atoms with E-state index in [1.54, 1.807) is 0 Å². The quantitative estimate of drug-likeness (QED) is 0.340. The molecule has 2 unspecified atom stereocenters. The summed E-state index contributed by atoms with van der Waals surface area (Å²) in [5.41, 5.74) is 0.371. The lowest BCUT2D eigenvalue weighted by Gasteiger charge is -2.20. The largest absolute Gasteiger partial charge is 0.338 e. The first-order chi connectivity index (χ1) is 8.35. The molecule has 0 heterocycles. The van der Waals surface area contributed by atoms with Gasteiger partial charge in [0, 0.05) is 5.92 Å². The van der Waals surface area contributed by atoms with Crippen LogP contribution in [0.2, 0.25) is 0 Å². The van der Waals surface area contributed by atoms with E-state index in [0.717, 1.165) is 12.3 Å². The van der Waals surface area contributed by atoms with Crippen molar-refractivity contribution in [3.63, 3.8) is 0 Å². The fraction of sp³-hybridized carbons (Fsp3) is 1.00.